The van der Waals surface area contributed by atoms with Crippen LogP contribution in [-0.2, 0) is 9.59 Å². The van der Waals surface area contributed by atoms with E-state index in [1.807, 2.05) is 6.92 Å². The number of carboxylic acids is 1. The van der Waals surface area contributed by atoms with Crippen molar-refractivity contribution in [2.24, 2.45) is 0 Å². The van der Waals surface area contributed by atoms with E-state index >= 15 is 0 Å². The van der Waals surface area contributed by atoms with Gasteiger partial charge in [-0.05, 0) is 32.8 Å². The summed E-state index contributed by atoms with van der Waals surface area (Å²) in [5.74, 6) is -2.87. The van der Waals surface area contributed by atoms with Gasteiger partial charge in [-0.25, -0.2) is 4.39 Å². The molecule has 0 aliphatic heterocycles. The van der Waals surface area contributed by atoms with Gasteiger partial charge in [0, 0.05) is 6.04 Å². The second-order valence-electron chi connectivity index (χ2n) is 3.90. The number of carboxylic acid groups (broad SMARTS) is 1. The molecule has 1 amide bonds. The van der Waals surface area contributed by atoms with E-state index in [1.54, 1.807) is 6.92 Å². The summed E-state index contributed by atoms with van der Waals surface area (Å²) in [6.45, 7) is 5.98. The van der Waals surface area contributed by atoms with Gasteiger partial charge in [-0.1, -0.05) is 6.92 Å². The molecule has 0 aromatic rings. The summed E-state index contributed by atoms with van der Waals surface area (Å²) < 4.78 is 13.4. The minimum atomic E-state index is -1.14. The number of carbonyl (C=O) groups is 2. The Labute approximate surface area is 94.7 Å². The van der Waals surface area contributed by atoms with Gasteiger partial charge < -0.3 is 10.0 Å². The van der Waals surface area contributed by atoms with Gasteiger partial charge in [0.25, 0.3) is 5.91 Å². The molecule has 92 valence electrons. The zero-order chi connectivity index (χ0) is 12.9. The quantitative estimate of drug-likeness (QED) is 0.736. The number of carbonyl (C=O) groups excluding carboxylic acids is 1. The largest absolute Gasteiger partial charge is 0.480 e. The Morgan fingerprint density at radius 3 is 2.19 bits per heavy atom. The third-order valence-corrected chi connectivity index (χ3v) is 2.32. The molecule has 0 heterocycles. The molecule has 4 nitrogen and oxygen atoms in total. The highest BCUT2D eigenvalue weighted by atomic mass is 19.1. The van der Waals surface area contributed by atoms with Gasteiger partial charge >= 0.3 is 5.97 Å². The summed E-state index contributed by atoms with van der Waals surface area (Å²) in [6.07, 6.45) is 0.578. The summed E-state index contributed by atoms with van der Waals surface area (Å²) in [6, 6.07) is -0.298. The molecule has 1 atom stereocenters. The number of hydrogen-bond donors (Lipinski definition) is 1. The first kappa shape index (κ1) is 14.6. The van der Waals surface area contributed by atoms with Crippen molar-refractivity contribution in [3.8, 4) is 0 Å². The minimum Gasteiger partial charge on any atom is -0.480 e. The summed E-state index contributed by atoms with van der Waals surface area (Å²) in [5.41, 5.74) is 0.253. The Hall–Kier alpha value is -1.39. The highest BCUT2D eigenvalue weighted by molar-refractivity contribution is 5.93. The Morgan fingerprint density at radius 1 is 1.38 bits per heavy atom. The number of nitrogens with zero attached hydrogens (tertiary/aromatic N) is 1. The summed E-state index contributed by atoms with van der Waals surface area (Å²) in [7, 11) is 0. The van der Waals surface area contributed by atoms with Crippen molar-refractivity contribution in [3.05, 3.63) is 11.4 Å². The molecule has 0 aromatic heterocycles. The number of amides is 1. The molecule has 0 saturated heterocycles. The van der Waals surface area contributed by atoms with Crippen molar-refractivity contribution in [3.63, 3.8) is 0 Å². The molecular weight excluding hydrogens is 213 g/mol. The van der Waals surface area contributed by atoms with Crippen molar-refractivity contribution < 1.29 is 19.1 Å². The van der Waals surface area contributed by atoms with Gasteiger partial charge in [-0.3, -0.25) is 9.59 Å². The van der Waals surface area contributed by atoms with Crippen LogP contribution >= 0.6 is 0 Å². The molecule has 0 fully saturated rings. The summed E-state index contributed by atoms with van der Waals surface area (Å²) >= 11 is 0. The Kier molecular flexibility index (Phi) is 5.71. The van der Waals surface area contributed by atoms with E-state index in [9.17, 15) is 14.0 Å². The second kappa shape index (κ2) is 6.25. The van der Waals surface area contributed by atoms with Gasteiger partial charge in [0.05, 0.1) is 0 Å². The smallest absolute Gasteiger partial charge is 0.323 e. The first-order chi connectivity index (χ1) is 7.31. The molecule has 0 rings (SSSR count). The minimum absolute atomic E-state index is 0.253. The highest BCUT2D eigenvalue weighted by Crippen LogP contribution is 2.13. The van der Waals surface area contributed by atoms with Gasteiger partial charge in [-0.2, -0.15) is 0 Å². The van der Waals surface area contributed by atoms with Crippen LogP contribution in [0.4, 0.5) is 4.39 Å². The fourth-order valence-corrected chi connectivity index (χ4v) is 1.13. The first-order valence-corrected chi connectivity index (χ1v) is 5.17. The molecule has 5 heteroatoms. The molecule has 0 radical (unpaired) electrons. The maximum atomic E-state index is 13.4. The number of allylic oxidation sites excluding steroid dienone is 1. The van der Waals surface area contributed by atoms with Crippen molar-refractivity contribution >= 4 is 11.9 Å². The van der Waals surface area contributed by atoms with E-state index in [0.29, 0.717) is 6.42 Å². The van der Waals surface area contributed by atoms with Crippen LogP contribution in [0.5, 0.6) is 0 Å². The molecule has 1 N–H and O–H groups in total. The monoisotopic (exact) mass is 231 g/mol. The van der Waals surface area contributed by atoms with Gasteiger partial charge in [0.2, 0.25) is 0 Å². The van der Waals surface area contributed by atoms with Crippen molar-refractivity contribution in [1.29, 1.82) is 0 Å². The average molecular weight is 231 g/mol. The Bertz CT molecular complexity index is 308. The molecule has 0 aromatic carbocycles. The van der Waals surface area contributed by atoms with Crippen LogP contribution < -0.4 is 0 Å². The van der Waals surface area contributed by atoms with Crippen LogP contribution in [0.2, 0.25) is 0 Å². The summed E-state index contributed by atoms with van der Waals surface area (Å²) in [5, 5.41) is 8.67. The summed E-state index contributed by atoms with van der Waals surface area (Å²) in [4.78, 5) is 23.3. The van der Waals surface area contributed by atoms with Crippen LogP contribution in [0, 0.1) is 0 Å². The predicted octanol–water partition coefficient (Wildman–Crippen LogP) is 1.96. The molecule has 0 unspecified atom stereocenters. The zero-order valence-corrected chi connectivity index (χ0v) is 10.1. The standard InChI is InChI=1S/C11H18FNO3/c1-5-8(4)13(6-9(14)15)11(16)10(12)7(2)3/h8H,5-6H2,1-4H3,(H,14,15)/t8-/m0/s1. The van der Waals surface area contributed by atoms with Crippen molar-refractivity contribution in [1.82, 2.24) is 4.90 Å². The third-order valence-electron chi connectivity index (χ3n) is 2.32. The van der Waals surface area contributed by atoms with Crippen LogP contribution in [-0.4, -0.2) is 34.5 Å². The average Bonchev–Trinajstić information content (AvgIpc) is 2.22. The molecule has 0 aliphatic rings. The number of rotatable bonds is 5. The highest BCUT2D eigenvalue weighted by Gasteiger charge is 2.25. The van der Waals surface area contributed by atoms with E-state index < -0.39 is 24.2 Å². The lowest BCUT2D eigenvalue weighted by Gasteiger charge is -2.26. The van der Waals surface area contributed by atoms with E-state index in [-0.39, 0.29) is 11.6 Å². The van der Waals surface area contributed by atoms with E-state index in [2.05, 4.69) is 0 Å². The lowest BCUT2D eigenvalue weighted by atomic mass is 10.2. The lowest BCUT2D eigenvalue weighted by molar-refractivity contribution is -0.145. The van der Waals surface area contributed by atoms with Crippen molar-refractivity contribution in [2.45, 2.75) is 40.2 Å². The third kappa shape index (κ3) is 4.00. The number of halogens is 1. The maximum Gasteiger partial charge on any atom is 0.323 e. The zero-order valence-electron chi connectivity index (χ0n) is 10.1. The SMILES string of the molecule is CC[C@H](C)N(CC(=O)O)C(=O)C(F)=C(C)C. The van der Waals surface area contributed by atoms with Crippen LogP contribution in [0.15, 0.2) is 11.4 Å². The van der Waals surface area contributed by atoms with Crippen LogP contribution in [0.1, 0.15) is 34.1 Å². The first-order valence-electron chi connectivity index (χ1n) is 5.17. The fourth-order valence-electron chi connectivity index (χ4n) is 1.13. The van der Waals surface area contributed by atoms with Gasteiger partial charge in [0.1, 0.15) is 6.54 Å². The second-order valence-corrected chi connectivity index (χ2v) is 3.90. The molecular formula is C11H18FNO3. The number of hydrogen-bond acceptors (Lipinski definition) is 2. The van der Waals surface area contributed by atoms with Crippen molar-refractivity contribution in [2.75, 3.05) is 6.54 Å². The topological polar surface area (TPSA) is 57.6 Å². The molecule has 0 spiro atoms. The lowest BCUT2D eigenvalue weighted by Crippen LogP contribution is -2.42. The van der Waals surface area contributed by atoms with E-state index in [4.69, 9.17) is 5.11 Å². The fraction of sp³-hybridized carbons (Fsp3) is 0.636. The van der Waals surface area contributed by atoms with Crippen LogP contribution in [0.25, 0.3) is 0 Å². The Morgan fingerprint density at radius 2 is 1.88 bits per heavy atom. The molecule has 0 saturated carbocycles. The van der Waals surface area contributed by atoms with Crippen LogP contribution in [0.3, 0.4) is 0 Å². The van der Waals surface area contributed by atoms with E-state index in [0.717, 1.165) is 4.90 Å². The molecule has 16 heavy (non-hydrogen) atoms. The van der Waals surface area contributed by atoms with E-state index in [1.165, 1.54) is 13.8 Å². The normalized spacial score (nSPS) is 11.8. The maximum absolute atomic E-state index is 13.4. The molecule has 0 bridgehead atoms. The molecule has 0 aliphatic carbocycles. The predicted molar refractivity (Wildman–Crippen MR) is 58.6 cm³/mol. The van der Waals surface area contributed by atoms with Gasteiger partial charge in [0.15, 0.2) is 5.83 Å². The number of aliphatic carboxylic acids is 1. The Balaban J connectivity index is 4.97. The van der Waals surface area contributed by atoms with Gasteiger partial charge in [-0.15, -0.1) is 0 Å².